The third kappa shape index (κ3) is 5.36. The second kappa shape index (κ2) is 9.80. The number of carbonyl (C=O) groups excluding carboxylic acids is 1. The highest BCUT2D eigenvalue weighted by atomic mass is 127. The first kappa shape index (κ1) is 20.5. The van der Waals surface area contributed by atoms with Crippen molar-refractivity contribution in [2.75, 3.05) is 13.7 Å². The van der Waals surface area contributed by atoms with Crippen LogP contribution in [0.1, 0.15) is 15.9 Å². The largest absolute Gasteiger partial charge is 0.493 e. The highest BCUT2D eigenvalue weighted by Gasteiger charge is 2.11. The molecule has 2 aromatic rings. The zero-order valence-electron chi connectivity index (χ0n) is 13.8. The Bertz CT molecular complexity index is 857. The number of nitrogens with zero attached hydrogens (tertiary/aromatic N) is 1. The molecule has 0 unspecified atom stereocenters. The molecule has 136 valence electrons. The summed E-state index contributed by atoms with van der Waals surface area (Å²) in [6.07, 6.45) is 3.17. The number of hydrazone groups is 1. The van der Waals surface area contributed by atoms with E-state index in [2.05, 4.69) is 39.7 Å². The predicted molar refractivity (Wildman–Crippen MR) is 113 cm³/mol. The third-order valence-corrected chi connectivity index (χ3v) is 4.70. The maximum atomic E-state index is 12.1. The van der Waals surface area contributed by atoms with Gasteiger partial charge in [-0.15, -0.1) is 0 Å². The fourth-order valence-corrected chi connectivity index (χ4v) is 3.04. The maximum absolute atomic E-state index is 12.1. The molecule has 0 aliphatic rings. The lowest BCUT2D eigenvalue weighted by Gasteiger charge is -2.12. The van der Waals surface area contributed by atoms with Crippen LogP contribution in [0.5, 0.6) is 11.5 Å². The van der Waals surface area contributed by atoms with E-state index < -0.39 is 5.91 Å². The minimum Gasteiger partial charge on any atom is -0.493 e. The molecule has 0 atom stereocenters. The molecule has 26 heavy (non-hydrogen) atoms. The molecule has 0 spiro atoms. The van der Waals surface area contributed by atoms with Crippen LogP contribution in [-0.2, 0) is 0 Å². The summed E-state index contributed by atoms with van der Waals surface area (Å²) in [6, 6.07) is 8.21. The lowest BCUT2D eigenvalue weighted by Crippen LogP contribution is -2.17. The van der Waals surface area contributed by atoms with E-state index >= 15 is 0 Å². The van der Waals surface area contributed by atoms with Gasteiger partial charge >= 0.3 is 0 Å². The van der Waals surface area contributed by atoms with E-state index in [0.29, 0.717) is 33.7 Å². The number of carbonyl (C=O) groups is 1. The van der Waals surface area contributed by atoms with Gasteiger partial charge in [0.25, 0.3) is 5.91 Å². The van der Waals surface area contributed by atoms with Crippen molar-refractivity contribution >= 4 is 57.9 Å². The zero-order valence-corrected chi connectivity index (χ0v) is 17.4. The van der Waals surface area contributed by atoms with Gasteiger partial charge in [0.2, 0.25) is 0 Å². The Kier molecular flexibility index (Phi) is 7.74. The van der Waals surface area contributed by atoms with E-state index in [0.717, 1.165) is 9.13 Å². The van der Waals surface area contributed by atoms with Crippen molar-refractivity contribution in [3.05, 3.63) is 67.7 Å². The van der Waals surface area contributed by atoms with Crippen LogP contribution in [0.15, 0.2) is 48.1 Å². The predicted octanol–water partition coefficient (Wildman–Crippen LogP) is 4.94. The number of hydrogen-bond acceptors (Lipinski definition) is 4. The first-order valence-electron chi connectivity index (χ1n) is 7.36. The summed E-state index contributed by atoms with van der Waals surface area (Å²) in [5.74, 6) is 0.799. The number of halogens is 3. The number of rotatable bonds is 7. The van der Waals surface area contributed by atoms with Crippen molar-refractivity contribution in [1.29, 1.82) is 0 Å². The van der Waals surface area contributed by atoms with Crippen molar-refractivity contribution in [3.8, 4) is 11.5 Å². The Morgan fingerprint density at radius 3 is 2.73 bits per heavy atom. The number of hydrogen-bond donors (Lipinski definition) is 1. The topological polar surface area (TPSA) is 59.9 Å². The molecular weight excluding hydrogens is 490 g/mol. The van der Waals surface area contributed by atoms with Gasteiger partial charge in [0.1, 0.15) is 6.61 Å². The van der Waals surface area contributed by atoms with Gasteiger partial charge in [0.05, 0.1) is 26.9 Å². The molecule has 0 aromatic heterocycles. The maximum Gasteiger partial charge on any atom is 0.271 e. The molecule has 5 nitrogen and oxygen atoms in total. The van der Waals surface area contributed by atoms with E-state index in [1.165, 1.54) is 12.3 Å². The number of methoxy groups -OCH3 is 1. The molecule has 0 bridgehead atoms. The summed E-state index contributed by atoms with van der Waals surface area (Å²) >= 11 is 13.9. The Balaban J connectivity index is 2.12. The van der Waals surface area contributed by atoms with Crippen LogP contribution in [0, 0.1) is 3.57 Å². The third-order valence-electron chi connectivity index (χ3n) is 3.16. The van der Waals surface area contributed by atoms with Crippen LogP contribution in [0.2, 0.25) is 10.0 Å². The van der Waals surface area contributed by atoms with Crippen LogP contribution < -0.4 is 14.9 Å². The first-order valence-corrected chi connectivity index (χ1v) is 9.19. The fraction of sp³-hybridized carbons (Fsp3) is 0.111. The molecular formula is C18H15Cl2IN2O3. The standard InChI is InChI=1S/C18H15Cl2IN2O3/c1-3-6-26-17-15(21)7-11(8-16(17)25-2)10-22-23-18(24)12-4-5-13(19)14(20)9-12/h3-5,7-10H,1,6H2,2H3,(H,23,24)/b22-10-. The molecule has 0 saturated carbocycles. The molecule has 8 heteroatoms. The Labute approximate surface area is 175 Å². The molecule has 0 radical (unpaired) electrons. The fourth-order valence-electron chi connectivity index (χ4n) is 1.96. The summed E-state index contributed by atoms with van der Waals surface area (Å²) in [5, 5.41) is 4.65. The monoisotopic (exact) mass is 504 g/mol. The summed E-state index contributed by atoms with van der Waals surface area (Å²) in [6.45, 7) is 4.00. The van der Waals surface area contributed by atoms with Crippen molar-refractivity contribution in [3.63, 3.8) is 0 Å². The first-order chi connectivity index (χ1) is 12.5. The minimum absolute atomic E-state index is 0.303. The lowest BCUT2D eigenvalue weighted by atomic mass is 10.2. The normalized spacial score (nSPS) is 10.6. The summed E-state index contributed by atoms with van der Waals surface area (Å²) in [5.41, 5.74) is 3.54. The minimum atomic E-state index is -0.396. The number of benzene rings is 2. The van der Waals surface area contributed by atoms with E-state index in [-0.39, 0.29) is 0 Å². The SMILES string of the molecule is C=CCOc1c(I)cc(/C=N\NC(=O)c2ccc(Cl)c(Cl)c2)cc1OC. The molecule has 0 fully saturated rings. The molecule has 1 N–H and O–H groups in total. The van der Waals surface area contributed by atoms with Crippen LogP contribution in [0.25, 0.3) is 0 Å². The second-order valence-corrected chi connectivity index (χ2v) is 6.94. The van der Waals surface area contributed by atoms with Crippen molar-refractivity contribution in [1.82, 2.24) is 5.43 Å². The average Bonchev–Trinajstić information content (AvgIpc) is 2.62. The van der Waals surface area contributed by atoms with Crippen molar-refractivity contribution in [2.24, 2.45) is 5.10 Å². The summed E-state index contributed by atoms with van der Waals surface area (Å²) in [7, 11) is 1.55. The summed E-state index contributed by atoms with van der Waals surface area (Å²) in [4.78, 5) is 12.1. The van der Waals surface area contributed by atoms with E-state index in [1.54, 1.807) is 31.4 Å². The van der Waals surface area contributed by atoms with Crippen molar-refractivity contribution < 1.29 is 14.3 Å². The molecule has 0 heterocycles. The quantitative estimate of drug-likeness (QED) is 0.251. The second-order valence-electron chi connectivity index (χ2n) is 4.96. The van der Waals surface area contributed by atoms with Gasteiger partial charge in [-0.2, -0.15) is 5.10 Å². The number of amides is 1. The highest BCUT2D eigenvalue weighted by Crippen LogP contribution is 2.33. The molecule has 2 aromatic carbocycles. The molecule has 0 aliphatic carbocycles. The van der Waals surface area contributed by atoms with Gasteiger partial charge in [0.15, 0.2) is 11.5 Å². The Hall–Kier alpha value is -1.77. The van der Waals surface area contributed by atoms with Crippen LogP contribution in [-0.4, -0.2) is 25.8 Å². The summed E-state index contributed by atoms with van der Waals surface area (Å²) < 4.78 is 11.8. The number of nitrogens with one attached hydrogen (secondary N) is 1. The average molecular weight is 505 g/mol. The van der Waals surface area contributed by atoms with E-state index in [4.69, 9.17) is 32.7 Å². The lowest BCUT2D eigenvalue weighted by molar-refractivity contribution is 0.0955. The van der Waals surface area contributed by atoms with Gasteiger partial charge in [-0.05, 0) is 58.5 Å². The van der Waals surface area contributed by atoms with Gasteiger partial charge in [-0.1, -0.05) is 35.9 Å². The molecule has 2 rings (SSSR count). The van der Waals surface area contributed by atoms with Crippen LogP contribution >= 0.6 is 45.8 Å². The van der Waals surface area contributed by atoms with Crippen LogP contribution in [0.3, 0.4) is 0 Å². The van der Waals surface area contributed by atoms with Gasteiger partial charge in [-0.3, -0.25) is 4.79 Å². The molecule has 0 aliphatic heterocycles. The van der Waals surface area contributed by atoms with Gasteiger partial charge < -0.3 is 9.47 Å². The van der Waals surface area contributed by atoms with Crippen molar-refractivity contribution in [2.45, 2.75) is 0 Å². The van der Waals surface area contributed by atoms with E-state index in [1.807, 2.05) is 6.07 Å². The number of ether oxygens (including phenoxy) is 2. The molecule has 0 saturated heterocycles. The van der Waals surface area contributed by atoms with Gasteiger partial charge in [-0.25, -0.2) is 5.43 Å². The highest BCUT2D eigenvalue weighted by molar-refractivity contribution is 14.1. The molecule has 1 amide bonds. The van der Waals surface area contributed by atoms with Gasteiger partial charge in [0, 0.05) is 5.56 Å². The smallest absolute Gasteiger partial charge is 0.271 e. The Morgan fingerprint density at radius 2 is 2.08 bits per heavy atom. The van der Waals surface area contributed by atoms with Crippen LogP contribution in [0.4, 0.5) is 0 Å². The van der Waals surface area contributed by atoms with E-state index in [9.17, 15) is 4.79 Å². The zero-order chi connectivity index (χ0) is 19.1. The Morgan fingerprint density at radius 1 is 1.31 bits per heavy atom.